The van der Waals surface area contributed by atoms with Crippen molar-refractivity contribution in [3.63, 3.8) is 0 Å². The standard InChI is InChI=1S/C11H11F3N4OS/c12-11(13,14)10-16-15-8-1-2-9(17-18(8)10)20-7-3-5-19-6-4-7/h1-2,7H,3-6H2. The minimum absolute atomic E-state index is 0.0913. The molecule has 0 spiro atoms. The fourth-order valence-corrected chi connectivity index (χ4v) is 3.02. The van der Waals surface area contributed by atoms with Gasteiger partial charge in [0.2, 0.25) is 0 Å². The summed E-state index contributed by atoms with van der Waals surface area (Å²) < 4.78 is 44.3. The number of nitrogens with zero attached hydrogens (tertiary/aromatic N) is 4. The van der Waals surface area contributed by atoms with Crippen LogP contribution in [0.15, 0.2) is 17.2 Å². The van der Waals surface area contributed by atoms with Crippen molar-refractivity contribution in [3.8, 4) is 0 Å². The molecule has 0 radical (unpaired) electrons. The zero-order valence-corrected chi connectivity index (χ0v) is 11.1. The molecule has 20 heavy (non-hydrogen) atoms. The molecule has 3 rings (SSSR count). The van der Waals surface area contributed by atoms with Gasteiger partial charge in [-0.3, -0.25) is 0 Å². The minimum atomic E-state index is -4.56. The first kappa shape index (κ1) is 13.6. The Morgan fingerprint density at radius 1 is 1.20 bits per heavy atom. The Labute approximate surface area is 116 Å². The van der Waals surface area contributed by atoms with Crippen LogP contribution >= 0.6 is 11.8 Å². The van der Waals surface area contributed by atoms with Gasteiger partial charge in [-0.2, -0.15) is 22.8 Å². The van der Waals surface area contributed by atoms with Crippen LogP contribution < -0.4 is 0 Å². The van der Waals surface area contributed by atoms with E-state index in [9.17, 15) is 13.2 Å². The number of hydrogen-bond acceptors (Lipinski definition) is 5. The summed E-state index contributed by atoms with van der Waals surface area (Å²) >= 11 is 1.47. The Kier molecular flexibility index (Phi) is 3.55. The van der Waals surface area contributed by atoms with Gasteiger partial charge >= 0.3 is 6.18 Å². The molecule has 0 aliphatic carbocycles. The zero-order valence-electron chi connectivity index (χ0n) is 10.3. The molecule has 0 saturated carbocycles. The Balaban J connectivity index is 1.89. The first-order valence-electron chi connectivity index (χ1n) is 6.08. The molecular weight excluding hydrogens is 293 g/mol. The van der Waals surface area contributed by atoms with Crippen LogP contribution in [0.2, 0.25) is 0 Å². The van der Waals surface area contributed by atoms with Gasteiger partial charge in [-0.15, -0.1) is 22.0 Å². The lowest BCUT2D eigenvalue weighted by Gasteiger charge is -2.20. The molecule has 0 aromatic carbocycles. The van der Waals surface area contributed by atoms with Crippen LogP contribution in [0.5, 0.6) is 0 Å². The first-order chi connectivity index (χ1) is 9.54. The Bertz CT molecular complexity index is 609. The molecule has 9 heteroatoms. The third kappa shape index (κ3) is 2.73. The molecule has 108 valence electrons. The van der Waals surface area contributed by atoms with E-state index in [4.69, 9.17) is 4.74 Å². The van der Waals surface area contributed by atoms with E-state index in [2.05, 4.69) is 15.3 Å². The average molecular weight is 304 g/mol. The lowest BCUT2D eigenvalue weighted by Crippen LogP contribution is -2.18. The predicted octanol–water partition coefficient (Wildman–Crippen LogP) is 2.41. The van der Waals surface area contributed by atoms with Crippen molar-refractivity contribution < 1.29 is 17.9 Å². The highest BCUT2D eigenvalue weighted by Crippen LogP contribution is 2.30. The molecule has 1 saturated heterocycles. The fraction of sp³-hybridized carbons (Fsp3) is 0.545. The van der Waals surface area contributed by atoms with Gasteiger partial charge in [0.1, 0.15) is 5.03 Å². The highest BCUT2D eigenvalue weighted by atomic mass is 32.2. The topological polar surface area (TPSA) is 52.3 Å². The van der Waals surface area contributed by atoms with E-state index in [1.165, 1.54) is 17.8 Å². The Morgan fingerprint density at radius 2 is 1.95 bits per heavy atom. The SMILES string of the molecule is FC(F)(F)c1nnc2ccc(SC3CCOCC3)nn12. The van der Waals surface area contributed by atoms with Gasteiger partial charge in [0.25, 0.3) is 5.82 Å². The van der Waals surface area contributed by atoms with E-state index in [1.807, 2.05) is 0 Å². The van der Waals surface area contributed by atoms with Crippen LogP contribution in [-0.4, -0.2) is 38.3 Å². The number of aromatic nitrogens is 4. The summed E-state index contributed by atoms with van der Waals surface area (Å²) in [5.41, 5.74) is 0.0913. The third-order valence-electron chi connectivity index (χ3n) is 2.95. The van der Waals surface area contributed by atoms with Crippen LogP contribution in [0.4, 0.5) is 13.2 Å². The number of fused-ring (bicyclic) bond motifs is 1. The molecule has 2 aromatic rings. The van der Waals surface area contributed by atoms with Gasteiger partial charge in [0.15, 0.2) is 5.65 Å². The van der Waals surface area contributed by atoms with Gasteiger partial charge in [-0.05, 0) is 25.0 Å². The predicted molar refractivity (Wildman–Crippen MR) is 65.5 cm³/mol. The molecule has 5 nitrogen and oxygen atoms in total. The highest BCUT2D eigenvalue weighted by Gasteiger charge is 2.37. The number of rotatable bonds is 2. The Hall–Kier alpha value is -1.35. The quantitative estimate of drug-likeness (QED) is 0.853. The molecule has 1 aliphatic heterocycles. The van der Waals surface area contributed by atoms with Crippen LogP contribution in [-0.2, 0) is 10.9 Å². The van der Waals surface area contributed by atoms with Crippen molar-refractivity contribution >= 4 is 17.4 Å². The number of halogens is 3. The molecule has 3 heterocycles. The van der Waals surface area contributed by atoms with Crippen LogP contribution in [0.1, 0.15) is 18.7 Å². The van der Waals surface area contributed by atoms with E-state index in [-0.39, 0.29) is 5.65 Å². The molecule has 0 N–H and O–H groups in total. The summed E-state index contributed by atoms with van der Waals surface area (Å²) in [6.45, 7) is 1.36. The lowest BCUT2D eigenvalue weighted by atomic mass is 10.2. The number of alkyl halides is 3. The summed E-state index contributed by atoms with van der Waals surface area (Å²) in [7, 11) is 0. The Morgan fingerprint density at radius 3 is 2.65 bits per heavy atom. The van der Waals surface area contributed by atoms with Gasteiger partial charge in [-0.25, -0.2) is 0 Å². The van der Waals surface area contributed by atoms with Gasteiger partial charge in [0, 0.05) is 18.5 Å². The summed E-state index contributed by atoms with van der Waals surface area (Å²) in [5, 5.41) is 11.5. The second kappa shape index (κ2) is 5.21. The zero-order chi connectivity index (χ0) is 14.2. The second-order valence-electron chi connectivity index (χ2n) is 4.39. The molecular formula is C11H11F3N4OS. The average Bonchev–Trinajstić information content (AvgIpc) is 2.83. The van der Waals surface area contributed by atoms with Crippen molar-refractivity contribution in [2.45, 2.75) is 29.3 Å². The van der Waals surface area contributed by atoms with Crippen molar-refractivity contribution in [1.82, 2.24) is 19.8 Å². The smallest absolute Gasteiger partial charge is 0.381 e. The van der Waals surface area contributed by atoms with Crippen LogP contribution in [0.25, 0.3) is 5.65 Å². The monoisotopic (exact) mass is 304 g/mol. The van der Waals surface area contributed by atoms with Gasteiger partial charge in [-0.1, -0.05) is 0 Å². The molecule has 1 aliphatic rings. The fourth-order valence-electron chi connectivity index (χ4n) is 1.98. The minimum Gasteiger partial charge on any atom is -0.381 e. The van der Waals surface area contributed by atoms with Crippen molar-refractivity contribution in [3.05, 3.63) is 18.0 Å². The maximum Gasteiger partial charge on any atom is 0.453 e. The van der Waals surface area contributed by atoms with E-state index in [0.29, 0.717) is 23.5 Å². The first-order valence-corrected chi connectivity index (χ1v) is 6.96. The van der Waals surface area contributed by atoms with Crippen LogP contribution in [0, 0.1) is 0 Å². The van der Waals surface area contributed by atoms with Crippen molar-refractivity contribution in [2.24, 2.45) is 0 Å². The maximum atomic E-state index is 12.8. The molecule has 0 amide bonds. The third-order valence-corrected chi connectivity index (χ3v) is 4.21. The molecule has 0 bridgehead atoms. The highest BCUT2D eigenvalue weighted by molar-refractivity contribution is 7.99. The number of ether oxygens (including phenoxy) is 1. The second-order valence-corrected chi connectivity index (χ2v) is 5.71. The summed E-state index contributed by atoms with van der Waals surface area (Å²) in [6, 6.07) is 3.17. The normalized spacial score (nSPS) is 17.8. The molecule has 0 atom stereocenters. The summed E-state index contributed by atoms with van der Waals surface area (Å²) in [6.07, 6.45) is -2.81. The van der Waals surface area contributed by atoms with E-state index < -0.39 is 12.0 Å². The molecule has 2 aromatic heterocycles. The van der Waals surface area contributed by atoms with E-state index >= 15 is 0 Å². The van der Waals surface area contributed by atoms with Gasteiger partial charge < -0.3 is 4.74 Å². The van der Waals surface area contributed by atoms with E-state index in [1.54, 1.807) is 6.07 Å². The van der Waals surface area contributed by atoms with E-state index in [0.717, 1.165) is 17.4 Å². The maximum absolute atomic E-state index is 12.8. The lowest BCUT2D eigenvalue weighted by molar-refractivity contribution is -0.146. The van der Waals surface area contributed by atoms with Crippen molar-refractivity contribution in [1.29, 1.82) is 0 Å². The van der Waals surface area contributed by atoms with Crippen molar-refractivity contribution in [2.75, 3.05) is 13.2 Å². The molecule has 0 unspecified atom stereocenters. The molecule has 1 fully saturated rings. The number of thioether (sulfide) groups is 1. The summed E-state index contributed by atoms with van der Waals surface area (Å²) in [5.74, 6) is -1.10. The number of hydrogen-bond donors (Lipinski definition) is 0. The largest absolute Gasteiger partial charge is 0.453 e. The van der Waals surface area contributed by atoms with Gasteiger partial charge in [0.05, 0.1) is 0 Å². The van der Waals surface area contributed by atoms with Crippen LogP contribution in [0.3, 0.4) is 0 Å². The summed E-state index contributed by atoms with van der Waals surface area (Å²) in [4.78, 5) is 0.